The Morgan fingerprint density at radius 3 is 2.45 bits per heavy atom. The molecule has 3 rings (SSSR count). The minimum absolute atomic E-state index is 0.0801. The summed E-state index contributed by atoms with van der Waals surface area (Å²) in [5, 5.41) is 6.47. The van der Waals surface area contributed by atoms with Crippen LogP contribution in [0, 0.1) is 13.8 Å². The van der Waals surface area contributed by atoms with E-state index in [2.05, 4.69) is 10.4 Å². The number of alkyl halides is 3. The molecule has 0 radical (unpaired) electrons. The number of ether oxygens (including phenoxy) is 1. The fraction of sp³-hybridized carbons (Fsp3) is 0.190. The number of anilines is 1. The number of esters is 1. The van der Waals surface area contributed by atoms with Crippen molar-refractivity contribution < 1.29 is 27.5 Å². The normalized spacial score (nSPS) is 11.3. The standard InChI is InChI=1S/C21H17ClF3N3O3/c1-12-19(13(2)28(27-12)15-6-4-3-5-7-15)20(30)31-11-18(29)26-17-10-14(21(23,24)25)8-9-16(17)22/h3-10H,11H2,1-2H3,(H,26,29). The smallest absolute Gasteiger partial charge is 0.416 e. The molecule has 0 aliphatic heterocycles. The van der Waals surface area contributed by atoms with Gasteiger partial charge in [0.15, 0.2) is 6.61 Å². The topological polar surface area (TPSA) is 73.2 Å². The molecule has 0 spiro atoms. The third kappa shape index (κ3) is 5.05. The van der Waals surface area contributed by atoms with Gasteiger partial charge in [0.25, 0.3) is 5.91 Å². The van der Waals surface area contributed by atoms with Crippen LogP contribution >= 0.6 is 11.6 Å². The number of nitrogens with zero attached hydrogens (tertiary/aromatic N) is 2. The van der Waals surface area contributed by atoms with Crippen LogP contribution in [0.1, 0.15) is 27.3 Å². The SMILES string of the molecule is Cc1nn(-c2ccccc2)c(C)c1C(=O)OCC(=O)Nc1cc(C(F)(F)F)ccc1Cl. The Balaban J connectivity index is 1.69. The quantitative estimate of drug-likeness (QED) is 0.557. The van der Waals surface area contributed by atoms with Crippen molar-refractivity contribution in [3.8, 4) is 5.69 Å². The third-order valence-electron chi connectivity index (χ3n) is 4.40. The average molecular weight is 452 g/mol. The number of amides is 1. The molecule has 0 saturated heterocycles. The maximum Gasteiger partial charge on any atom is 0.416 e. The van der Waals surface area contributed by atoms with Gasteiger partial charge in [-0.15, -0.1) is 0 Å². The van der Waals surface area contributed by atoms with Gasteiger partial charge in [0.2, 0.25) is 0 Å². The molecule has 10 heteroatoms. The molecule has 1 amide bonds. The molecule has 0 atom stereocenters. The summed E-state index contributed by atoms with van der Waals surface area (Å²) in [4.78, 5) is 24.6. The maximum absolute atomic E-state index is 12.8. The van der Waals surface area contributed by atoms with Gasteiger partial charge in [-0.1, -0.05) is 29.8 Å². The molecule has 1 aromatic heterocycles. The molecule has 0 fully saturated rings. The summed E-state index contributed by atoms with van der Waals surface area (Å²) in [5.74, 6) is -1.61. The van der Waals surface area contributed by atoms with E-state index in [0.29, 0.717) is 17.5 Å². The predicted octanol–water partition coefficient (Wildman–Crippen LogP) is 4.96. The summed E-state index contributed by atoms with van der Waals surface area (Å²) in [5.41, 5.74) is 0.682. The van der Waals surface area contributed by atoms with Crippen LogP contribution in [-0.4, -0.2) is 28.3 Å². The molecule has 3 aromatic rings. The lowest BCUT2D eigenvalue weighted by Crippen LogP contribution is -2.22. The number of hydrogen-bond donors (Lipinski definition) is 1. The zero-order valence-electron chi connectivity index (χ0n) is 16.5. The van der Waals surface area contributed by atoms with Gasteiger partial charge in [-0.25, -0.2) is 9.48 Å². The van der Waals surface area contributed by atoms with Crippen molar-refractivity contribution in [1.82, 2.24) is 9.78 Å². The van der Waals surface area contributed by atoms with E-state index in [9.17, 15) is 22.8 Å². The van der Waals surface area contributed by atoms with Crippen LogP contribution in [0.3, 0.4) is 0 Å². The fourth-order valence-corrected chi connectivity index (χ4v) is 3.11. The minimum Gasteiger partial charge on any atom is -0.452 e. The van der Waals surface area contributed by atoms with E-state index in [1.54, 1.807) is 18.5 Å². The zero-order valence-corrected chi connectivity index (χ0v) is 17.2. The summed E-state index contributed by atoms with van der Waals surface area (Å²) in [6.07, 6.45) is -4.59. The van der Waals surface area contributed by atoms with Gasteiger partial charge >= 0.3 is 12.1 Å². The highest BCUT2D eigenvalue weighted by Gasteiger charge is 2.31. The summed E-state index contributed by atoms with van der Waals surface area (Å²) in [6.45, 7) is 2.61. The van der Waals surface area contributed by atoms with Gasteiger partial charge in [0, 0.05) is 0 Å². The lowest BCUT2D eigenvalue weighted by atomic mass is 10.2. The fourth-order valence-electron chi connectivity index (χ4n) is 2.95. The number of carbonyl (C=O) groups is 2. The highest BCUT2D eigenvalue weighted by molar-refractivity contribution is 6.33. The number of nitrogens with one attached hydrogen (secondary N) is 1. The number of benzene rings is 2. The highest BCUT2D eigenvalue weighted by atomic mass is 35.5. The van der Waals surface area contributed by atoms with E-state index < -0.39 is 30.2 Å². The number of hydrogen-bond acceptors (Lipinski definition) is 4. The number of aromatic nitrogens is 2. The number of halogens is 4. The summed E-state index contributed by atoms with van der Waals surface area (Å²) in [7, 11) is 0. The van der Waals surface area contributed by atoms with Crippen LogP contribution in [0.15, 0.2) is 48.5 Å². The Labute approximate surface area is 180 Å². The Hall–Kier alpha value is -3.33. The molecule has 6 nitrogen and oxygen atoms in total. The minimum atomic E-state index is -4.59. The molecular weight excluding hydrogens is 435 g/mol. The second-order valence-corrected chi connectivity index (χ2v) is 7.02. The molecule has 0 saturated carbocycles. The molecule has 162 valence electrons. The molecule has 0 bridgehead atoms. The van der Waals surface area contributed by atoms with E-state index >= 15 is 0 Å². The zero-order chi connectivity index (χ0) is 22.8. The first kappa shape index (κ1) is 22.4. The van der Waals surface area contributed by atoms with Crippen LogP contribution in [0.25, 0.3) is 5.69 Å². The number of aryl methyl sites for hydroxylation is 1. The van der Waals surface area contributed by atoms with Crippen molar-refractivity contribution in [3.63, 3.8) is 0 Å². The van der Waals surface area contributed by atoms with Crippen molar-refractivity contribution in [3.05, 3.63) is 76.1 Å². The summed E-state index contributed by atoms with van der Waals surface area (Å²) >= 11 is 5.85. The van der Waals surface area contributed by atoms with E-state index in [1.807, 2.05) is 30.3 Å². The molecule has 1 heterocycles. The third-order valence-corrected chi connectivity index (χ3v) is 4.73. The molecule has 1 N–H and O–H groups in total. The molecule has 0 aliphatic carbocycles. The van der Waals surface area contributed by atoms with E-state index in [0.717, 1.165) is 17.8 Å². The molecular formula is C21H17ClF3N3O3. The van der Waals surface area contributed by atoms with Crippen LogP contribution < -0.4 is 5.32 Å². The molecule has 2 aromatic carbocycles. The van der Waals surface area contributed by atoms with Gasteiger partial charge in [0.05, 0.1) is 33.3 Å². The summed E-state index contributed by atoms with van der Waals surface area (Å²) in [6, 6.07) is 11.7. The molecule has 0 unspecified atom stereocenters. The first-order chi connectivity index (χ1) is 14.6. The van der Waals surface area contributed by atoms with Gasteiger partial charge in [-0.2, -0.15) is 18.3 Å². The van der Waals surface area contributed by atoms with E-state index in [-0.39, 0.29) is 16.3 Å². The number of rotatable bonds is 5. The van der Waals surface area contributed by atoms with Crippen LogP contribution in [-0.2, 0) is 15.7 Å². The van der Waals surface area contributed by atoms with Gasteiger partial charge in [-0.05, 0) is 44.2 Å². The second kappa shape index (κ2) is 8.81. The average Bonchev–Trinajstić information content (AvgIpc) is 3.02. The first-order valence-electron chi connectivity index (χ1n) is 9.03. The van der Waals surface area contributed by atoms with Crippen molar-refractivity contribution in [2.24, 2.45) is 0 Å². The largest absolute Gasteiger partial charge is 0.452 e. The van der Waals surface area contributed by atoms with Crippen LogP contribution in [0.5, 0.6) is 0 Å². The van der Waals surface area contributed by atoms with Gasteiger partial charge < -0.3 is 10.1 Å². The lowest BCUT2D eigenvalue weighted by molar-refractivity contribution is -0.137. The van der Waals surface area contributed by atoms with E-state index in [1.165, 1.54) is 0 Å². The predicted molar refractivity (Wildman–Crippen MR) is 108 cm³/mol. The monoisotopic (exact) mass is 451 g/mol. The lowest BCUT2D eigenvalue weighted by Gasteiger charge is -2.12. The summed E-state index contributed by atoms with van der Waals surface area (Å²) < 4.78 is 45.2. The number of carbonyl (C=O) groups excluding carboxylic acids is 2. The van der Waals surface area contributed by atoms with Crippen LogP contribution in [0.4, 0.5) is 18.9 Å². The first-order valence-corrected chi connectivity index (χ1v) is 9.41. The number of para-hydroxylation sites is 1. The molecule has 31 heavy (non-hydrogen) atoms. The Morgan fingerprint density at radius 1 is 1.13 bits per heavy atom. The Bertz CT molecular complexity index is 1130. The van der Waals surface area contributed by atoms with Crippen molar-refractivity contribution in [2.45, 2.75) is 20.0 Å². The van der Waals surface area contributed by atoms with Crippen LogP contribution in [0.2, 0.25) is 5.02 Å². The Morgan fingerprint density at radius 2 is 1.81 bits per heavy atom. The Kier molecular flexibility index (Phi) is 6.35. The van der Waals surface area contributed by atoms with Gasteiger partial charge in [-0.3, -0.25) is 4.79 Å². The van der Waals surface area contributed by atoms with E-state index in [4.69, 9.17) is 16.3 Å². The van der Waals surface area contributed by atoms with Gasteiger partial charge in [0.1, 0.15) is 5.56 Å². The second-order valence-electron chi connectivity index (χ2n) is 6.61. The van der Waals surface area contributed by atoms with Crippen molar-refractivity contribution >= 4 is 29.2 Å². The van der Waals surface area contributed by atoms with Crippen molar-refractivity contribution in [1.29, 1.82) is 0 Å². The maximum atomic E-state index is 12.8. The molecule has 0 aliphatic rings. The van der Waals surface area contributed by atoms with Crippen molar-refractivity contribution in [2.75, 3.05) is 11.9 Å². The highest BCUT2D eigenvalue weighted by Crippen LogP contribution is 2.33.